The summed E-state index contributed by atoms with van der Waals surface area (Å²) in [5.41, 5.74) is -0.811. The second-order valence-corrected chi connectivity index (χ2v) is 5.83. The molecular formula is C18H18F3N3O6. The summed E-state index contributed by atoms with van der Waals surface area (Å²) in [7, 11) is 3.82. The van der Waals surface area contributed by atoms with Gasteiger partial charge in [-0.3, -0.25) is 14.2 Å². The maximum Gasteiger partial charge on any atom is 0.471 e. The third-order valence-corrected chi connectivity index (χ3v) is 3.97. The van der Waals surface area contributed by atoms with Gasteiger partial charge in [-0.2, -0.15) is 13.2 Å². The van der Waals surface area contributed by atoms with Crippen LogP contribution >= 0.6 is 0 Å². The number of carbonyl (C=O) groups excluding carboxylic acids is 2. The van der Waals surface area contributed by atoms with Crippen LogP contribution in [0.15, 0.2) is 35.3 Å². The normalized spacial score (nSPS) is 11.4. The van der Waals surface area contributed by atoms with E-state index in [0.29, 0.717) is 5.56 Å². The van der Waals surface area contributed by atoms with Gasteiger partial charge in [0.2, 0.25) is 0 Å². The van der Waals surface area contributed by atoms with Crippen LogP contribution in [0.4, 0.5) is 18.9 Å². The molecule has 0 aliphatic carbocycles. The van der Waals surface area contributed by atoms with Crippen molar-refractivity contribution in [3.8, 4) is 11.4 Å². The molecule has 1 amide bonds. The fourth-order valence-corrected chi connectivity index (χ4v) is 2.44. The van der Waals surface area contributed by atoms with Crippen LogP contribution in [-0.2, 0) is 25.5 Å². The van der Waals surface area contributed by atoms with Crippen molar-refractivity contribution in [1.82, 2.24) is 9.55 Å². The van der Waals surface area contributed by atoms with Gasteiger partial charge in [-0.15, -0.1) is 0 Å². The molecule has 12 heteroatoms. The highest BCUT2D eigenvalue weighted by Crippen LogP contribution is 2.22. The molecule has 1 aromatic heterocycles. The molecule has 0 atom stereocenters. The van der Waals surface area contributed by atoms with Gasteiger partial charge in [-0.25, -0.2) is 9.78 Å². The Balaban J connectivity index is 2.47. The molecule has 0 bridgehead atoms. The molecular weight excluding hydrogens is 411 g/mol. The fraction of sp³-hybridized carbons (Fsp3) is 0.333. The molecule has 2 rings (SSSR count). The maximum atomic E-state index is 12.8. The van der Waals surface area contributed by atoms with Crippen molar-refractivity contribution >= 4 is 17.6 Å². The van der Waals surface area contributed by atoms with Crippen LogP contribution in [0.5, 0.6) is 0 Å². The first-order chi connectivity index (χ1) is 14.1. The molecule has 1 N–H and O–H groups in total. The molecule has 0 fully saturated rings. The third-order valence-electron chi connectivity index (χ3n) is 3.97. The number of alkyl halides is 3. The highest BCUT2D eigenvalue weighted by molar-refractivity contribution is 5.95. The number of hydrogen-bond donors (Lipinski definition) is 1. The minimum atomic E-state index is -5.03. The summed E-state index contributed by atoms with van der Waals surface area (Å²) in [6, 6.07) is 5.15. The predicted molar refractivity (Wildman–Crippen MR) is 97.8 cm³/mol. The van der Waals surface area contributed by atoms with Crippen molar-refractivity contribution in [2.24, 2.45) is 0 Å². The highest BCUT2D eigenvalue weighted by atomic mass is 19.4. The summed E-state index contributed by atoms with van der Waals surface area (Å²) < 4.78 is 53.0. The molecule has 0 spiro atoms. The topological polar surface area (TPSA) is 109 Å². The van der Waals surface area contributed by atoms with E-state index in [9.17, 15) is 27.6 Å². The van der Waals surface area contributed by atoms with Gasteiger partial charge < -0.3 is 19.5 Å². The zero-order valence-electron chi connectivity index (χ0n) is 16.1. The monoisotopic (exact) mass is 429 g/mol. The van der Waals surface area contributed by atoms with E-state index in [4.69, 9.17) is 9.47 Å². The molecule has 0 saturated carbocycles. The van der Waals surface area contributed by atoms with Crippen LogP contribution in [0.1, 0.15) is 10.4 Å². The fourth-order valence-electron chi connectivity index (χ4n) is 2.44. The number of nitrogens with zero attached hydrogens (tertiary/aromatic N) is 2. The Labute approximate surface area is 168 Å². The number of nitrogens with one attached hydrogen (secondary N) is 1. The van der Waals surface area contributed by atoms with Crippen LogP contribution in [0.25, 0.3) is 11.4 Å². The zero-order chi connectivity index (χ0) is 22.5. The average molecular weight is 429 g/mol. The Morgan fingerprint density at radius 1 is 1.13 bits per heavy atom. The van der Waals surface area contributed by atoms with Gasteiger partial charge in [0.25, 0.3) is 5.56 Å². The average Bonchev–Trinajstić information content (AvgIpc) is 2.72. The summed E-state index contributed by atoms with van der Waals surface area (Å²) in [6.07, 6.45) is -4.84. The van der Waals surface area contributed by atoms with Crippen LogP contribution in [0.3, 0.4) is 0 Å². The Morgan fingerprint density at radius 3 is 2.23 bits per heavy atom. The summed E-state index contributed by atoms with van der Waals surface area (Å²) in [6.45, 7) is -0.133. The van der Waals surface area contributed by atoms with Gasteiger partial charge in [0, 0.05) is 31.7 Å². The number of ether oxygens (including phenoxy) is 3. The third kappa shape index (κ3) is 5.21. The molecule has 0 aliphatic rings. The number of carbonyl (C=O) groups is 2. The highest BCUT2D eigenvalue weighted by Gasteiger charge is 2.38. The van der Waals surface area contributed by atoms with Gasteiger partial charge in [-0.1, -0.05) is 0 Å². The van der Waals surface area contributed by atoms with Crippen molar-refractivity contribution in [2.45, 2.75) is 19.0 Å². The number of hydrogen-bond acceptors (Lipinski definition) is 7. The Hall–Kier alpha value is -3.25. The van der Waals surface area contributed by atoms with E-state index in [-0.39, 0.29) is 23.6 Å². The Morgan fingerprint density at radius 2 is 1.73 bits per heavy atom. The van der Waals surface area contributed by atoms with Crippen LogP contribution in [0, 0.1) is 0 Å². The van der Waals surface area contributed by atoms with Crippen molar-refractivity contribution in [1.29, 1.82) is 0 Å². The standard InChI is InChI=1S/C18H18F3N3O6/c1-28-13(29-2)9-24-14(22-8-12(15(24)25)16(26)30-3)10-4-6-11(7-5-10)23-17(27)18(19,20)21/h4-8,13H,9H2,1-3H3,(H,23,27). The lowest BCUT2D eigenvalue weighted by molar-refractivity contribution is -0.167. The Kier molecular flexibility index (Phi) is 7.29. The van der Waals surface area contributed by atoms with Crippen molar-refractivity contribution in [3.63, 3.8) is 0 Å². The summed E-state index contributed by atoms with van der Waals surface area (Å²) in [4.78, 5) is 39.8. The first-order valence-corrected chi connectivity index (χ1v) is 8.34. The van der Waals surface area contributed by atoms with Gasteiger partial charge in [0.05, 0.1) is 13.7 Å². The lowest BCUT2D eigenvalue weighted by atomic mass is 10.1. The second-order valence-electron chi connectivity index (χ2n) is 5.83. The summed E-state index contributed by atoms with van der Waals surface area (Å²) in [5.74, 6) is -2.90. The molecule has 0 saturated heterocycles. The van der Waals surface area contributed by atoms with E-state index in [1.54, 1.807) is 5.32 Å². The lowest BCUT2D eigenvalue weighted by Gasteiger charge is -2.18. The minimum absolute atomic E-state index is 0.0976. The van der Waals surface area contributed by atoms with E-state index < -0.39 is 29.9 Å². The van der Waals surface area contributed by atoms with E-state index >= 15 is 0 Å². The van der Waals surface area contributed by atoms with Crippen molar-refractivity contribution < 1.29 is 37.0 Å². The van der Waals surface area contributed by atoms with Gasteiger partial charge in [-0.05, 0) is 24.3 Å². The van der Waals surface area contributed by atoms with Gasteiger partial charge >= 0.3 is 18.1 Å². The molecule has 1 aromatic carbocycles. The molecule has 9 nitrogen and oxygen atoms in total. The van der Waals surface area contributed by atoms with Crippen LogP contribution in [-0.4, -0.2) is 55.2 Å². The molecule has 0 radical (unpaired) electrons. The number of amides is 1. The number of benzene rings is 1. The molecule has 1 heterocycles. The quantitative estimate of drug-likeness (QED) is 0.528. The lowest BCUT2D eigenvalue weighted by Crippen LogP contribution is -2.34. The minimum Gasteiger partial charge on any atom is -0.465 e. The van der Waals surface area contributed by atoms with E-state index in [1.807, 2.05) is 0 Å². The van der Waals surface area contributed by atoms with E-state index in [2.05, 4.69) is 9.72 Å². The first kappa shape index (κ1) is 23.0. The number of methoxy groups -OCH3 is 3. The second kappa shape index (κ2) is 9.50. The molecule has 162 valence electrons. The number of rotatable bonds is 7. The van der Waals surface area contributed by atoms with Crippen molar-refractivity contribution in [2.75, 3.05) is 26.6 Å². The molecule has 30 heavy (non-hydrogen) atoms. The SMILES string of the molecule is COC(=O)c1cnc(-c2ccc(NC(=O)C(F)(F)F)cc2)n(CC(OC)OC)c1=O. The van der Waals surface area contributed by atoms with E-state index in [0.717, 1.165) is 17.9 Å². The predicted octanol–water partition coefficient (Wildman–Crippen LogP) is 1.82. The number of esters is 1. The smallest absolute Gasteiger partial charge is 0.465 e. The summed E-state index contributed by atoms with van der Waals surface area (Å²) >= 11 is 0. The van der Waals surface area contributed by atoms with Crippen molar-refractivity contribution in [3.05, 3.63) is 46.4 Å². The van der Waals surface area contributed by atoms with Gasteiger partial charge in [0.15, 0.2) is 6.29 Å². The number of anilines is 1. The van der Waals surface area contributed by atoms with E-state index in [1.165, 1.54) is 38.5 Å². The first-order valence-electron chi connectivity index (χ1n) is 8.34. The maximum absolute atomic E-state index is 12.8. The molecule has 0 aliphatic heterocycles. The largest absolute Gasteiger partial charge is 0.471 e. The zero-order valence-corrected chi connectivity index (χ0v) is 16.1. The van der Waals surface area contributed by atoms with Crippen LogP contribution in [0.2, 0.25) is 0 Å². The van der Waals surface area contributed by atoms with Crippen LogP contribution < -0.4 is 10.9 Å². The number of aromatic nitrogens is 2. The summed E-state index contributed by atoms with van der Waals surface area (Å²) in [5, 5.41) is 1.71. The number of halogens is 3. The molecule has 0 unspecified atom stereocenters. The Bertz CT molecular complexity index is 969. The van der Waals surface area contributed by atoms with Gasteiger partial charge in [0.1, 0.15) is 11.4 Å². The molecule has 2 aromatic rings.